The maximum absolute atomic E-state index is 6.85. The average Bonchev–Trinajstić information content (AvgIpc) is 4.14. The summed E-state index contributed by atoms with van der Waals surface area (Å²) in [7, 11) is 0. The van der Waals surface area contributed by atoms with E-state index < -0.39 is 0 Å². The second kappa shape index (κ2) is 17.0. The number of benzene rings is 8. The number of aryl methyl sites for hydroxylation is 1. The highest BCUT2D eigenvalue weighted by Crippen LogP contribution is 2.55. The van der Waals surface area contributed by atoms with Crippen molar-refractivity contribution in [3.05, 3.63) is 191 Å². The Balaban J connectivity index is 1.18. The standard InChI is InChI=1S/C71H72BN3OS/c1-43-37-56-57(71(13,14)36-35-70(56,11)12)41-58(43)74-60-39-50(73(47-29-23-44(24-30-47)67(2,3)4)48-31-25-45(26-32-48)68(5,6)7)38-55-53-40-54-51-19-15-17-21-61(51)76-62(54)42-59(53)75(49-33-27-46(28-34-49)69(8,9)10)72(64(55)60)65-52-20-16-18-22-63(52)77-66(65)74/h15-34,37-42H,35-36H2,1-14H3. The fraction of sp³-hybridized carbons (Fsp3) is 0.296. The Kier molecular flexibility index (Phi) is 10.9. The van der Waals surface area contributed by atoms with Crippen LogP contribution in [0.25, 0.3) is 43.2 Å². The van der Waals surface area contributed by atoms with Gasteiger partial charge in [0.25, 0.3) is 0 Å². The van der Waals surface area contributed by atoms with Crippen LogP contribution >= 0.6 is 11.3 Å². The Hall–Kier alpha value is -7.02. The molecular weight excluding hydrogens is 954 g/mol. The molecule has 0 unspecified atom stereocenters. The van der Waals surface area contributed by atoms with Crippen LogP contribution in [0.3, 0.4) is 0 Å². The lowest BCUT2D eigenvalue weighted by Gasteiger charge is -2.46. The highest BCUT2D eigenvalue weighted by molar-refractivity contribution is 7.26. The second-order valence-electron chi connectivity index (χ2n) is 27.0. The van der Waals surface area contributed by atoms with E-state index in [-0.39, 0.29) is 33.9 Å². The molecule has 0 atom stereocenters. The lowest BCUT2D eigenvalue weighted by atomic mass is 9.43. The van der Waals surface area contributed by atoms with E-state index in [0.717, 1.165) is 56.8 Å². The first-order valence-electron chi connectivity index (χ1n) is 28.0. The van der Waals surface area contributed by atoms with Crippen molar-refractivity contribution in [3.63, 3.8) is 0 Å². The fourth-order valence-corrected chi connectivity index (χ4v) is 14.3. The van der Waals surface area contributed by atoms with Crippen LogP contribution in [-0.4, -0.2) is 6.85 Å². The number of para-hydroxylation sites is 1. The third kappa shape index (κ3) is 7.90. The molecule has 4 nitrogen and oxygen atoms in total. The predicted molar refractivity (Wildman–Crippen MR) is 334 cm³/mol. The minimum absolute atomic E-state index is 0.000461. The molecule has 4 heterocycles. The van der Waals surface area contributed by atoms with Crippen molar-refractivity contribution in [1.82, 2.24) is 0 Å². The SMILES string of the molecule is Cc1cc2c(cc1N1c3cc(N(c4ccc(C(C)(C)C)cc4)c4ccc(C(C)(C)C)cc4)cc4c3B(c3c1sc1ccccc31)N(c1ccc(C(C)(C)C)cc1)c1cc3oc5ccccc5c3cc1-4)C(C)(C)CCC2(C)C. The summed E-state index contributed by atoms with van der Waals surface area (Å²) >= 11 is 1.93. The molecule has 0 fully saturated rings. The highest BCUT2D eigenvalue weighted by Gasteiger charge is 2.49. The highest BCUT2D eigenvalue weighted by atomic mass is 32.1. The predicted octanol–water partition coefficient (Wildman–Crippen LogP) is 19.5. The molecule has 8 aromatic carbocycles. The summed E-state index contributed by atoms with van der Waals surface area (Å²) in [5, 5.41) is 4.81. The zero-order valence-electron chi connectivity index (χ0n) is 47.7. The first kappa shape index (κ1) is 49.6. The number of thiophene rings is 1. The van der Waals surface area contributed by atoms with Crippen LogP contribution in [0.2, 0.25) is 0 Å². The fourth-order valence-electron chi connectivity index (χ4n) is 13.0. The van der Waals surface area contributed by atoms with Crippen LogP contribution in [0.15, 0.2) is 162 Å². The van der Waals surface area contributed by atoms with Crippen molar-refractivity contribution in [2.75, 3.05) is 14.6 Å². The van der Waals surface area contributed by atoms with Crippen molar-refractivity contribution in [2.45, 2.75) is 137 Å². The van der Waals surface area contributed by atoms with Crippen LogP contribution in [0.4, 0.5) is 44.8 Å². The number of nitrogens with zero attached hydrogens (tertiary/aromatic N) is 3. The first-order valence-corrected chi connectivity index (χ1v) is 28.8. The second-order valence-corrected chi connectivity index (χ2v) is 28.0. The number of rotatable bonds is 5. The van der Waals surface area contributed by atoms with Crippen molar-refractivity contribution in [2.24, 2.45) is 0 Å². The minimum atomic E-state index is -0.176. The van der Waals surface area contributed by atoms with Gasteiger partial charge in [-0.15, -0.1) is 11.3 Å². The molecule has 6 heteroatoms. The molecular formula is C71H72BN3OS. The van der Waals surface area contributed by atoms with Crippen LogP contribution in [0, 0.1) is 6.92 Å². The molecule has 77 heavy (non-hydrogen) atoms. The van der Waals surface area contributed by atoms with Crippen molar-refractivity contribution >= 4 is 106 Å². The van der Waals surface area contributed by atoms with Crippen molar-refractivity contribution in [1.29, 1.82) is 0 Å². The van der Waals surface area contributed by atoms with Gasteiger partial charge >= 0.3 is 6.85 Å². The zero-order chi connectivity index (χ0) is 53.9. The van der Waals surface area contributed by atoms with E-state index in [0.29, 0.717) is 0 Å². The summed E-state index contributed by atoms with van der Waals surface area (Å²) in [4.78, 5) is 7.87. The maximum Gasteiger partial charge on any atom is 0.334 e. The number of hydrogen-bond acceptors (Lipinski definition) is 5. The lowest BCUT2D eigenvalue weighted by Crippen LogP contribution is -2.61. The molecule has 0 amide bonds. The molecule has 2 aromatic heterocycles. The zero-order valence-corrected chi connectivity index (χ0v) is 48.5. The van der Waals surface area contributed by atoms with Gasteiger partial charge < -0.3 is 19.0 Å². The van der Waals surface area contributed by atoms with E-state index in [1.165, 1.54) is 88.3 Å². The molecule has 0 saturated heterocycles. The van der Waals surface area contributed by atoms with Gasteiger partial charge in [-0.3, -0.25) is 0 Å². The van der Waals surface area contributed by atoms with Crippen LogP contribution in [0.1, 0.15) is 136 Å². The summed E-state index contributed by atoms with van der Waals surface area (Å²) in [6.07, 6.45) is 2.31. The van der Waals surface area contributed by atoms with E-state index in [1.54, 1.807) is 0 Å². The molecule has 2 aliphatic heterocycles. The number of fused-ring (bicyclic) bond motifs is 10. The summed E-state index contributed by atoms with van der Waals surface area (Å²) in [5.41, 5.74) is 23.2. The molecule has 0 bridgehead atoms. The molecule has 13 rings (SSSR count). The van der Waals surface area contributed by atoms with Gasteiger partial charge in [-0.05, 0) is 175 Å². The van der Waals surface area contributed by atoms with E-state index >= 15 is 0 Å². The summed E-state index contributed by atoms with van der Waals surface area (Å²) in [5.74, 6) is 0. The lowest BCUT2D eigenvalue weighted by molar-refractivity contribution is 0.332. The summed E-state index contributed by atoms with van der Waals surface area (Å²) < 4.78 is 8.14. The Morgan fingerprint density at radius 1 is 0.494 bits per heavy atom. The summed E-state index contributed by atoms with van der Waals surface area (Å²) in [6, 6.07) is 60.8. The minimum Gasteiger partial charge on any atom is -0.456 e. The smallest absolute Gasteiger partial charge is 0.334 e. The first-order chi connectivity index (χ1) is 36.5. The Bertz CT molecular complexity index is 3950. The monoisotopic (exact) mass is 1030 g/mol. The van der Waals surface area contributed by atoms with Gasteiger partial charge in [0.1, 0.15) is 11.2 Å². The van der Waals surface area contributed by atoms with Crippen LogP contribution < -0.4 is 25.5 Å². The van der Waals surface area contributed by atoms with E-state index in [4.69, 9.17) is 4.42 Å². The molecule has 386 valence electrons. The molecule has 0 radical (unpaired) electrons. The molecule has 0 N–H and O–H groups in total. The molecule has 3 aliphatic rings. The Morgan fingerprint density at radius 2 is 1.04 bits per heavy atom. The number of hydrogen-bond donors (Lipinski definition) is 0. The van der Waals surface area contributed by atoms with Gasteiger partial charge in [-0.1, -0.05) is 169 Å². The number of anilines is 8. The van der Waals surface area contributed by atoms with Gasteiger partial charge in [0.15, 0.2) is 0 Å². The molecule has 10 aromatic rings. The maximum atomic E-state index is 6.85. The Labute approximate surface area is 461 Å². The third-order valence-electron chi connectivity index (χ3n) is 17.7. The topological polar surface area (TPSA) is 22.9 Å². The van der Waals surface area contributed by atoms with Gasteiger partial charge in [-0.25, -0.2) is 0 Å². The van der Waals surface area contributed by atoms with Gasteiger partial charge in [0.05, 0.1) is 10.7 Å². The largest absolute Gasteiger partial charge is 0.456 e. The van der Waals surface area contributed by atoms with E-state index in [9.17, 15) is 0 Å². The quantitative estimate of drug-likeness (QED) is 0.160. The van der Waals surface area contributed by atoms with E-state index in [2.05, 4.69) is 269 Å². The van der Waals surface area contributed by atoms with Gasteiger partial charge in [0.2, 0.25) is 0 Å². The Morgan fingerprint density at radius 3 is 1.64 bits per heavy atom. The molecule has 0 spiro atoms. The normalized spacial score (nSPS) is 15.7. The van der Waals surface area contributed by atoms with Gasteiger partial charge in [0, 0.05) is 61.2 Å². The summed E-state index contributed by atoms with van der Waals surface area (Å²) in [6.45, 7) is 32.8. The average molecular weight is 1030 g/mol. The van der Waals surface area contributed by atoms with E-state index in [1.807, 2.05) is 11.3 Å². The molecule has 0 saturated carbocycles. The van der Waals surface area contributed by atoms with Gasteiger partial charge in [-0.2, -0.15) is 0 Å². The number of furan rings is 1. The third-order valence-corrected chi connectivity index (χ3v) is 18.9. The van der Waals surface area contributed by atoms with Crippen LogP contribution in [0.5, 0.6) is 0 Å². The van der Waals surface area contributed by atoms with Crippen molar-refractivity contribution in [3.8, 4) is 11.1 Å². The van der Waals surface area contributed by atoms with Crippen LogP contribution in [-0.2, 0) is 27.1 Å². The molecule has 1 aliphatic carbocycles. The van der Waals surface area contributed by atoms with Crippen molar-refractivity contribution < 1.29 is 4.42 Å².